The van der Waals surface area contributed by atoms with Gasteiger partial charge in [0.1, 0.15) is 12.4 Å². The first-order chi connectivity index (χ1) is 9.08. The number of rotatable bonds is 4. The molecule has 6 nitrogen and oxygen atoms in total. The lowest BCUT2D eigenvalue weighted by atomic mass is 10.4. The quantitative estimate of drug-likeness (QED) is 0.874. The first kappa shape index (κ1) is 13.1. The molecule has 1 amide bonds. The fourth-order valence-corrected chi connectivity index (χ4v) is 1.79. The fraction of sp³-hybridized carbons (Fsp3) is 0.308. The number of carbonyl (C=O) groups is 1. The molecule has 100 valence electrons. The van der Waals surface area contributed by atoms with Crippen molar-refractivity contribution in [2.24, 2.45) is 0 Å². The number of anilines is 2. The number of pyridine rings is 1. The van der Waals surface area contributed by atoms with E-state index in [0.29, 0.717) is 5.69 Å². The molecule has 0 aliphatic carbocycles. The summed E-state index contributed by atoms with van der Waals surface area (Å²) >= 11 is 0. The second-order valence-electron chi connectivity index (χ2n) is 4.32. The number of hydrogen-bond acceptors (Lipinski definition) is 4. The molecule has 19 heavy (non-hydrogen) atoms. The van der Waals surface area contributed by atoms with Gasteiger partial charge in [0.25, 0.3) is 0 Å². The summed E-state index contributed by atoms with van der Waals surface area (Å²) < 4.78 is 1.68. The number of nitrogens with one attached hydrogen (secondary N) is 2. The number of aromatic nitrogens is 3. The molecule has 2 N–H and O–H groups in total. The Morgan fingerprint density at radius 3 is 2.68 bits per heavy atom. The van der Waals surface area contributed by atoms with Crippen LogP contribution in [0.2, 0.25) is 0 Å². The van der Waals surface area contributed by atoms with Gasteiger partial charge in [-0.2, -0.15) is 5.10 Å². The van der Waals surface area contributed by atoms with E-state index in [1.807, 2.05) is 19.9 Å². The molecule has 0 atom stereocenters. The number of nitrogens with zero attached hydrogens (tertiary/aromatic N) is 3. The van der Waals surface area contributed by atoms with Crippen molar-refractivity contribution in [1.82, 2.24) is 14.8 Å². The number of amides is 1. The second kappa shape index (κ2) is 5.51. The van der Waals surface area contributed by atoms with Crippen molar-refractivity contribution in [2.75, 3.05) is 17.7 Å². The van der Waals surface area contributed by atoms with Crippen LogP contribution in [0.5, 0.6) is 0 Å². The number of aryl methyl sites for hydroxylation is 2. The summed E-state index contributed by atoms with van der Waals surface area (Å²) in [5.41, 5.74) is 2.55. The van der Waals surface area contributed by atoms with Gasteiger partial charge in [0.2, 0.25) is 5.91 Å². The van der Waals surface area contributed by atoms with Gasteiger partial charge in [0.05, 0.1) is 17.6 Å². The van der Waals surface area contributed by atoms with Gasteiger partial charge in [0, 0.05) is 12.7 Å². The Morgan fingerprint density at radius 2 is 2.16 bits per heavy atom. The SMILES string of the molecule is CNc1ccc(NC(=O)Cn2nc(C)cc2C)cn1. The molecular weight excluding hydrogens is 242 g/mol. The van der Waals surface area contributed by atoms with Gasteiger partial charge in [-0.3, -0.25) is 9.48 Å². The minimum absolute atomic E-state index is 0.120. The van der Waals surface area contributed by atoms with Crippen molar-refractivity contribution in [1.29, 1.82) is 0 Å². The average Bonchev–Trinajstić information content (AvgIpc) is 2.68. The summed E-state index contributed by atoms with van der Waals surface area (Å²) in [4.78, 5) is 16.0. The fourth-order valence-electron chi connectivity index (χ4n) is 1.79. The molecule has 2 heterocycles. The molecule has 0 unspecified atom stereocenters. The van der Waals surface area contributed by atoms with E-state index in [4.69, 9.17) is 0 Å². The summed E-state index contributed by atoms with van der Waals surface area (Å²) in [5.74, 6) is 0.641. The van der Waals surface area contributed by atoms with Crippen LogP contribution in [0.3, 0.4) is 0 Å². The van der Waals surface area contributed by atoms with Crippen LogP contribution >= 0.6 is 0 Å². The summed E-state index contributed by atoms with van der Waals surface area (Å²) in [6.07, 6.45) is 1.62. The molecule has 0 spiro atoms. The lowest BCUT2D eigenvalue weighted by molar-refractivity contribution is -0.116. The smallest absolute Gasteiger partial charge is 0.246 e. The van der Waals surface area contributed by atoms with E-state index in [0.717, 1.165) is 17.2 Å². The third kappa shape index (κ3) is 3.31. The van der Waals surface area contributed by atoms with Crippen molar-refractivity contribution in [3.8, 4) is 0 Å². The van der Waals surface area contributed by atoms with E-state index in [2.05, 4.69) is 20.7 Å². The summed E-state index contributed by atoms with van der Waals surface area (Å²) in [6.45, 7) is 4.03. The van der Waals surface area contributed by atoms with Crippen LogP contribution in [-0.4, -0.2) is 27.7 Å². The predicted molar refractivity (Wildman–Crippen MR) is 74.1 cm³/mol. The van der Waals surface area contributed by atoms with Crippen LogP contribution in [0.25, 0.3) is 0 Å². The number of hydrogen-bond donors (Lipinski definition) is 2. The monoisotopic (exact) mass is 259 g/mol. The van der Waals surface area contributed by atoms with E-state index >= 15 is 0 Å². The van der Waals surface area contributed by atoms with Gasteiger partial charge >= 0.3 is 0 Å². The first-order valence-corrected chi connectivity index (χ1v) is 6.03. The summed E-state index contributed by atoms with van der Waals surface area (Å²) in [6, 6.07) is 5.55. The highest BCUT2D eigenvalue weighted by Crippen LogP contribution is 2.09. The molecular formula is C13H17N5O. The highest BCUT2D eigenvalue weighted by molar-refractivity contribution is 5.90. The normalized spacial score (nSPS) is 10.3. The first-order valence-electron chi connectivity index (χ1n) is 6.03. The van der Waals surface area contributed by atoms with E-state index in [9.17, 15) is 4.79 Å². The van der Waals surface area contributed by atoms with Gasteiger partial charge in [-0.15, -0.1) is 0 Å². The van der Waals surface area contributed by atoms with Crippen LogP contribution < -0.4 is 10.6 Å². The summed E-state index contributed by atoms with van der Waals surface area (Å²) in [7, 11) is 1.80. The maximum Gasteiger partial charge on any atom is 0.246 e. The molecule has 0 aliphatic rings. The van der Waals surface area contributed by atoms with E-state index in [1.165, 1.54) is 0 Å². The Morgan fingerprint density at radius 1 is 1.37 bits per heavy atom. The van der Waals surface area contributed by atoms with Gasteiger partial charge in [-0.25, -0.2) is 4.98 Å². The zero-order chi connectivity index (χ0) is 13.8. The molecule has 6 heteroatoms. The Hall–Kier alpha value is -2.37. The van der Waals surface area contributed by atoms with Crippen molar-refractivity contribution < 1.29 is 4.79 Å². The maximum absolute atomic E-state index is 11.9. The third-order valence-corrected chi connectivity index (χ3v) is 2.70. The molecule has 2 aromatic rings. The van der Waals surface area contributed by atoms with Gasteiger partial charge in [-0.05, 0) is 32.0 Å². The lowest BCUT2D eigenvalue weighted by Crippen LogP contribution is -2.20. The lowest BCUT2D eigenvalue weighted by Gasteiger charge is -2.07. The van der Waals surface area contributed by atoms with Gasteiger partial charge in [0.15, 0.2) is 0 Å². The highest BCUT2D eigenvalue weighted by atomic mass is 16.2. The van der Waals surface area contributed by atoms with Gasteiger partial charge < -0.3 is 10.6 Å². The molecule has 0 saturated carbocycles. The van der Waals surface area contributed by atoms with E-state index in [-0.39, 0.29) is 12.5 Å². The van der Waals surface area contributed by atoms with Crippen LogP contribution in [-0.2, 0) is 11.3 Å². The van der Waals surface area contributed by atoms with Crippen molar-refractivity contribution >= 4 is 17.4 Å². The van der Waals surface area contributed by atoms with Crippen molar-refractivity contribution in [3.05, 3.63) is 35.8 Å². The minimum atomic E-state index is -0.120. The largest absolute Gasteiger partial charge is 0.373 e. The molecule has 2 rings (SSSR count). The van der Waals surface area contributed by atoms with Crippen molar-refractivity contribution in [2.45, 2.75) is 20.4 Å². The van der Waals surface area contributed by atoms with Gasteiger partial charge in [-0.1, -0.05) is 0 Å². The van der Waals surface area contributed by atoms with Crippen molar-refractivity contribution in [3.63, 3.8) is 0 Å². The maximum atomic E-state index is 11.9. The molecule has 0 aromatic carbocycles. The standard InChI is InChI=1S/C13H17N5O/c1-9-6-10(2)18(17-9)8-13(19)16-11-4-5-12(14-3)15-7-11/h4-7H,8H2,1-3H3,(H,14,15)(H,16,19). The summed E-state index contributed by atoms with van der Waals surface area (Å²) in [5, 5.41) is 9.96. The topological polar surface area (TPSA) is 71.8 Å². The zero-order valence-electron chi connectivity index (χ0n) is 11.3. The predicted octanol–water partition coefficient (Wildman–Crippen LogP) is 1.58. The Bertz CT molecular complexity index is 573. The average molecular weight is 259 g/mol. The molecule has 0 aliphatic heterocycles. The second-order valence-corrected chi connectivity index (χ2v) is 4.32. The molecule has 0 saturated heterocycles. The molecule has 2 aromatic heterocycles. The molecule has 0 bridgehead atoms. The van der Waals surface area contributed by atoms with Crippen LogP contribution in [0.4, 0.5) is 11.5 Å². The zero-order valence-corrected chi connectivity index (χ0v) is 11.3. The number of carbonyl (C=O) groups excluding carboxylic acids is 1. The van der Waals surface area contributed by atoms with Crippen LogP contribution in [0.1, 0.15) is 11.4 Å². The third-order valence-electron chi connectivity index (χ3n) is 2.70. The van der Waals surface area contributed by atoms with Crippen LogP contribution in [0, 0.1) is 13.8 Å². The molecule has 0 fully saturated rings. The Kier molecular flexibility index (Phi) is 3.79. The van der Waals surface area contributed by atoms with E-state index < -0.39 is 0 Å². The Labute approximate surface area is 111 Å². The highest BCUT2D eigenvalue weighted by Gasteiger charge is 2.07. The Balaban J connectivity index is 1.99. The molecule has 0 radical (unpaired) electrons. The minimum Gasteiger partial charge on any atom is -0.373 e. The van der Waals surface area contributed by atoms with Crippen LogP contribution in [0.15, 0.2) is 24.4 Å². The van der Waals surface area contributed by atoms with E-state index in [1.54, 1.807) is 30.1 Å².